The summed E-state index contributed by atoms with van der Waals surface area (Å²) in [4.78, 5) is 0.310. The van der Waals surface area contributed by atoms with Crippen LogP contribution < -0.4 is 4.72 Å². The van der Waals surface area contributed by atoms with Crippen molar-refractivity contribution in [3.05, 3.63) is 58.8 Å². The fourth-order valence-corrected chi connectivity index (χ4v) is 5.67. The Kier molecular flexibility index (Phi) is 4.77. The Hall–Kier alpha value is -2.27. The average molecular weight is 412 g/mol. The zero-order valence-electron chi connectivity index (χ0n) is 17.8. The molecular weight excluding hydrogens is 382 g/mol. The summed E-state index contributed by atoms with van der Waals surface area (Å²) in [6.07, 6.45) is 3.04. The third kappa shape index (κ3) is 3.80. The van der Waals surface area contributed by atoms with Crippen LogP contribution in [0.4, 0.5) is 5.69 Å². The number of sulfonamides is 1. The number of aryl methyl sites for hydroxylation is 3. The molecule has 0 saturated carbocycles. The molecule has 2 aromatic carbocycles. The Morgan fingerprint density at radius 1 is 1.07 bits per heavy atom. The molecule has 1 aromatic heterocycles. The van der Waals surface area contributed by atoms with E-state index < -0.39 is 10.0 Å². The lowest BCUT2D eigenvalue weighted by Crippen LogP contribution is -2.26. The van der Waals surface area contributed by atoms with E-state index in [9.17, 15) is 8.42 Å². The minimum absolute atomic E-state index is 0.240. The fraction of sp³-hybridized carbons (Fsp3) is 0.417. The van der Waals surface area contributed by atoms with Gasteiger partial charge in [-0.05, 0) is 67.9 Å². The highest BCUT2D eigenvalue weighted by molar-refractivity contribution is 7.92. The molecule has 5 heteroatoms. The van der Waals surface area contributed by atoms with E-state index in [0.717, 1.165) is 47.1 Å². The van der Waals surface area contributed by atoms with Gasteiger partial charge in [0.05, 0.1) is 4.90 Å². The molecule has 1 heterocycles. The van der Waals surface area contributed by atoms with Crippen molar-refractivity contribution in [3.8, 4) is 0 Å². The van der Waals surface area contributed by atoms with Crippen molar-refractivity contribution in [2.24, 2.45) is 11.3 Å². The standard InChI is InChI=1S/C24H29NO3S/c1-15-6-11-23(16(2)12-15)29(26,27)25-18-8-10-22-20(14-18)19-13-17(24(3,4)5)7-9-21(19)28-22/h6,8,10-12,14,17,25H,7,9,13H2,1-5H3/t17-/m1/s1. The van der Waals surface area contributed by atoms with E-state index in [-0.39, 0.29) is 5.41 Å². The van der Waals surface area contributed by atoms with Crippen molar-refractivity contribution in [2.75, 3.05) is 4.72 Å². The Balaban J connectivity index is 1.69. The number of rotatable bonds is 3. The highest BCUT2D eigenvalue weighted by Crippen LogP contribution is 2.41. The van der Waals surface area contributed by atoms with Crippen LogP contribution in [0.15, 0.2) is 45.7 Å². The molecule has 0 spiro atoms. The van der Waals surface area contributed by atoms with E-state index in [1.165, 1.54) is 5.56 Å². The molecular formula is C24H29NO3S. The minimum Gasteiger partial charge on any atom is -0.461 e. The Morgan fingerprint density at radius 3 is 2.52 bits per heavy atom. The summed E-state index contributed by atoms with van der Waals surface area (Å²) in [7, 11) is -3.65. The smallest absolute Gasteiger partial charge is 0.262 e. The molecule has 0 aliphatic heterocycles. The van der Waals surface area contributed by atoms with E-state index >= 15 is 0 Å². The summed E-state index contributed by atoms with van der Waals surface area (Å²) in [5, 5.41) is 1.02. The van der Waals surface area contributed by atoms with Crippen molar-refractivity contribution >= 4 is 26.7 Å². The molecule has 0 radical (unpaired) electrons. The van der Waals surface area contributed by atoms with Crippen LogP contribution in [0.5, 0.6) is 0 Å². The van der Waals surface area contributed by atoms with Crippen molar-refractivity contribution in [1.29, 1.82) is 0 Å². The first-order valence-electron chi connectivity index (χ1n) is 10.2. The molecule has 1 aliphatic rings. The summed E-state index contributed by atoms with van der Waals surface area (Å²) in [5.74, 6) is 1.64. The maximum Gasteiger partial charge on any atom is 0.262 e. The largest absolute Gasteiger partial charge is 0.461 e. The second kappa shape index (κ2) is 6.91. The lowest BCUT2D eigenvalue weighted by atomic mass is 9.71. The van der Waals surface area contributed by atoms with Gasteiger partial charge < -0.3 is 4.42 Å². The average Bonchev–Trinajstić information content (AvgIpc) is 2.97. The number of furan rings is 1. The van der Waals surface area contributed by atoms with Crippen LogP contribution in [0.2, 0.25) is 0 Å². The van der Waals surface area contributed by atoms with E-state index in [2.05, 4.69) is 25.5 Å². The first-order valence-corrected chi connectivity index (χ1v) is 11.7. The monoisotopic (exact) mass is 411 g/mol. The maximum absolute atomic E-state index is 12.9. The molecule has 0 amide bonds. The molecule has 154 valence electrons. The highest BCUT2D eigenvalue weighted by Gasteiger charge is 2.31. The molecule has 1 atom stereocenters. The van der Waals surface area contributed by atoms with Crippen molar-refractivity contribution in [3.63, 3.8) is 0 Å². The van der Waals surface area contributed by atoms with Gasteiger partial charge in [-0.2, -0.15) is 0 Å². The van der Waals surface area contributed by atoms with Crippen LogP contribution in [0, 0.1) is 25.2 Å². The Bertz CT molecular complexity index is 1180. The van der Waals surface area contributed by atoms with E-state index in [4.69, 9.17) is 4.42 Å². The molecule has 0 fully saturated rings. The Labute approximate surface area is 173 Å². The fourth-order valence-electron chi connectivity index (χ4n) is 4.39. The molecule has 29 heavy (non-hydrogen) atoms. The first-order chi connectivity index (χ1) is 13.5. The summed E-state index contributed by atoms with van der Waals surface area (Å²) in [6, 6.07) is 10.9. The Morgan fingerprint density at radius 2 is 1.83 bits per heavy atom. The van der Waals surface area contributed by atoms with Gasteiger partial charge in [-0.25, -0.2) is 8.42 Å². The second-order valence-electron chi connectivity index (χ2n) is 9.39. The topological polar surface area (TPSA) is 59.3 Å². The summed E-state index contributed by atoms with van der Waals surface area (Å²) < 4.78 is 34.7. The lowest BCUT2D eigenvalue weighted by Gasteiger charge is -2.33. The van der Waals surface area contributed by atoms with Gasteiger partial charge in [-0.1, -0.05) is 38.5 Å². The van der Waals surface area contributed by atoms with Crippen LogP contribution in [0.1, 0.15) is 49.6 Å². The summed E-state index contributed by atoms with van der Waals surface area (Å²) in [6.45, 7) is 10.6. The molecule has 1 aliphatic carbocycles. The predicted octanol–water partition coefficient (Wildman–Crippen LogP) is 6.00. The maximum atomic E-state index is 12.9. The molecule has 1 N–H and O–H groups in total. The second-order valence-corrected chi connectivity index (χ2v) is 11.0. The summed E-state index contributed by atoms with van der Waals surface area (Å²) >= 11 is 0. The molecule has 4 rings (SSSR count). The minimum atomic E-state index is -3.65. The van der Waals surface area contributed by atoms with Crippen molar-refractivity contribution < 1.29 is 12.8 Å². The first kappa shape index (κ1) is 20.0. The van der Waals surface area contributed by atoms with Gasteiger partial charge in [0.1, 0.15) is 11.3 Å². The van der Waals surface area contributed by atoms with Gasteiger partial charge in [-0.15, -0.1) is 0 Å². The van der Waals surface area contributed by atoms with Gasteiger partial charge in [0, 0.05) is 23.1 Å². The van der Waals surface area contributed by atoms with Gasteiger partial charge >= 0.3 is 0 Å². The SMILES string of the molecule is Cc1ccc(S(=O)(=O)Nc2ccc3oc4c(c3c2)C[C@H](C(C)(C)C)CC4)c(C)c1. The molecule has 0 saturated heterocycles. The summed E-state index contributed by atoms with van der Waals surface area (Å²) in [5.41, 5.74) is 4.66. The van der Waals surface area contributed by atoms with Crippen LogP contribution in [-0.2, 0) is 22.9 Å². The molecule has 4 nitrogen and oxygen atoms in total. The zero-order chi connectivity index (χ0) is 21.0. The van der Waals surface area contributed by atoms with Crippen molar-refractivity contribution in [2.45, 2.75) is 58.8 Å². The van der Waals surface area contributed by atoms with Gasteiger partial charge in [-0.3, -0.25) is 4.72 Å². The molecule has 3 aromatic rings. The van der Waals surface area contributed by atoms with Crippen LogP contribution >= 0.6 is 0 Å². The van der Waals surface area contributed by atoms with Gasteiger partial charge in [0.25, 0.3) is 10.0 Å². The normalized spacial score (nSPS) is 17.3. The van der Waals surface area contributed by atoms with E-state index in [0.29, 0.717) is 16.5 Å². The van der Waals surface area contributed by atoms with Gasteiger partial charge in [0.15, 0.2) is 0 Å². The molecule has 0 unspecified atom stereocenters. The number of benzene rings is 2. The van der Waals surface area contributed by atoms with Crippen LogP contribution in [0.25, 0.3) is 11.0 Å². The number of hydrogen-bond donors (Lipinski definition) is 1. The van der Waals surface area contributed by atoms with E-state index in [1.807, 2.05) is 38.1 Å². The third-order valence-corrected chi connectivity index (χ3v) is 7.68. The predicted molar refractivity (Wildman–Crippen MR) is 118 cm³/mol. The number of fused-ring (bicyclic) bond motifs is 3. The molecule has 0 bridgehead atoms. The van der Waals surface area contributed by atoms with Crippen molar-refractivity contribution in [1.82, 2.24) is 0 Å². The quantitative estimate of drug-likeness (QED) is 0.575. The third-order valence-electron chi connectivity index (χ3n) is 6.14. The number of nitrogens with one attached hydrogen (secondary N) is 1. The number of hydrogen-bond acceptors (Lipinski definition) is 3. The number of anilines is 1. The van der Waals surface area contributed by atoms with Crippen LogP contribution in [-0.4, -0.2) is 8.42 Å². The lowest BCUT2D eigenvalue weighted by molar-refractivity contribution is 0.210. The zero-order valence-corrected chi connectivity index (χ0v) is 18.6. The van der Waals surface area contributed by atoms with Gasteiger partial charge in [0.2, 0.25) is 0 Å². The van der Waals surface area contributed by atoms with E-state index in [1.54, 1.807) is 12.1 Å². The van der Waals surface area contributed by atoms with Crippen LogP contribution in [0.3, 0.4) is 0 Å². The highest BCUT2D eigenvalue weighted by atomic mass is 32.2.